The van der Waals surface area contributed by atoms with E-state index in [4.69, 9.17) is 16.9 Å². The first-order valence-corrected chi connectivity index (χ1v) is 10.5. The highest BCUT2D eigenvalue weighted by Crippen LogP contribution is 2.30. The van der Waals surface area contributed by atoms with Crippen LogP contribution in [0.4, 0.5) is 16.2 Å². The number of carbonyl (C=O) groups excluding carboxylic acids is 1. The third-order valence-electron chi connectivity index (χ3n) is 4.48. The molecule has 0 unspecified atom stereocenters. The zero-order valence-electron chi connectivity index (χ0n) is 18.4. The fourth-order valence-electron chi connectivity index (χ4n) is 3.07. The first-order chi connectivity index (χ1) is 15.9. The van der Waals surface area contributed by atoms with E-state index in [9.17, 15) is 4.79 Å². The van der Waals surface area contributed by atoms with Gasteiger partial charge in [0.25, 0.3) is 0 Å². The molecule has 4 rings (SSSR count). The number of carbonyl (C=O) groups is 1. The van der Waals surface area contributed by atoms with Crippen molar-refractivity contribution >= 4 is 40.0 Å². The molecular weight excluding hydrogens is 438 g/mol. The lowest BCUT2D eigenvalue weighted by molar-refractivity contribution is 0.262. The van der Waals surface area contributed by atoms with Gasteiger partial charge in [-0.2, -0.15) is 5.26 Å². The fourth-order valence-corrected chi connectivity index (χ4v) is 3.22. The Bertz CT molecular complexity index is 1300. The fraction of sp³-hybridized carbons (Fsp3) is 0.167. The highest BCUT2D eigenvalue weighted by atomic mass is 35.5. The molecule has 2 N–H and O–H groups in total. The summed E-state index contributed by atoms with van der Waals surface area (Å²) >= 11 is 6.02. The zero-order valence-corrected chi connectivity index (χ0v) is 19.1. The van der Waals surface area contributed by atoms with Gasteiger partial charge in [0.05, 0.1) is 22.9 Å². The van der Waals surface area contributed by atoms with Crippen LogP contribution < -0.4 is 10.6 Å². The standard InChI is InChI=1S/C17H16ClN5O.C7H6N2/c1-10(2)15-13(9-20-12-3-4-14(18)23-16(12)15)22-17(24)21-11-5-7-19-8-6-11;1-6-3-2-4-7(5-8)9-6/h3-10H,1-2H3,(H2,19,21,22,24);2-4H,1H3. The minimum atomic E-state index is -0.355. The summed E-state index contributed by atoms with van der Waals surface area (Å²) in [6.07, 6.45) is 4.86. The van der Waals surface area contributed by atoms with Gasteiger partial charge in [-0.3, -0.25) is 9.97 Å². The summed E-state index contributed by atoms with van der Waals surface area (Å²) in [5.41, 5.74) is 4.96. The van der Waals surface area contributed by atoms with Crippen molar-refractivity contribution in [2.24, 2.45) is 0 Å². The smallest absolute Gasteiger partial charge is 0.308 e. The van der Waals surface area contributed by atoms with Crippen molar-refractivity contribution in [3.63, 3.8) is 0 Å². The van der Waals surface area contributed by atoms with E-state index in [-0.39, 0.29) is 11.9 Å². The molecule has 2 amide bonds. The van der Waals surface area contributed by atoms with Gasteiger partial charge in [-0.15, -0.1) is 0 Å². The number of pyridine rings is 4. The number of urea groups is 1. The number of halogens is 1. The highest BCUT2D eigenvalue weighted by molar-refractivity contribution is 6.29. The number of hydrogen-bond acceptors (Lipinski definition) is 6. The van der Waals surface area contributed by atoms with Crippen molar-refractivity contribution < 1.29 is 4.79 Å². The Hall–Kier alpha value is -4.09. The lowest BCUT2D eigenvalue weighted by Crippen LogP contribution is -2.20. The Morgan fingerprint density at radius 1 is 1.06 bits per heavy atom. The quantitative estimate of drug-likeness (QED) is 0.379. The van der Waals surface area contributed by atoms with Crippen molar-refractivity contribution in [2.45, 2.75) is 26.7 Å². The molecule has 0 aliphatic heterocycles. The van der Waals surface area contributed by atoms with Crippen LogP contribution in [-0.2, 0) is 0 Å². The van der Waals surface area contributed by atoms with E-state index in [1.54, 1.807) is 42.9 Å². The van der Waals surface area contributed by atoms with Crippen LogP contribution in [0.15, 0.2) is 61.1 Å². The van der Waals surface area contributed by atoms with E-state index in [0.717, 1.165) is 16.8 Å². The van der Waals surface area contributed by atoms with Crippen molar-refractivity contribution in [1.82, 2.24) is 19.9 Å². The summed E-state index contributed by atoms with van der Waals surface area (Å²) in [4.78, 5) is 28.8. The summed E-state index contributed by atoms with van der Waals surface area (Å²) in [6.45, 7) is 5.92. The van der Waals surface area contributed by atoms with Crippen LogP contribution in [0.3, 0.4) is 0 Å². The molecule has 0 saturated heterocycles. The van der Waals surface area contributed by atoms with E-state index in [2.05, 4.69) is 30.6 Å². The Morgan fingerprint density at radius 3 is 2.45 bits per heavy atom. The van der Waals surface area contributed by atoms with Crippen LogP contribution in [-0.4, -0.2) is 26.0 Å². The van der Waals surface area contributed by atoms with Gasteiger partial charge < -0.3 is 10.6 Å². The number of anilines is 2. The number of aromatic nitrogens is 4. The second kappa shape index (κ2) is 11.0. The average molecular weight is 460 g/mol. The number of amides is 2. The molecule has 4 aromatic heterocycles. The Labute approximate surface area is 196 Å². The maximum Gasteiger partial charge on any atom is 0.323 e. The molecule has 0 spiro atoms. The molecule has 0 aliphatic rings. The second-order valence-corrected chi connectivity index (χ2v) is 7.72. The van der Waals surface area contributed by atoms with Gasteiger partial charge in [0.2, 0.25) is 0 Å². The lowest BCUT2D eigenvalue weighted by Gasteiger charge is -2.16. The minimum Gasteiger partial charge on any atom is -0.308 e. The molecule has 0 aromatic carbocycles. The van der Waals surface area contributed by atoms with Crippen LogP contribution in [0.1, 0.15) is 36.7 Å². The summed E-state index contributed by atoms with van der Waals surface area (Å²) in [6, 6.07) is 13.9. The van der Waals surface area contributed by atoms with Crippen LogP contribution in [0.25, 0.3) is 11.0 Å². The Morgan fingerprint density at radius 2 is 1.82 bits per heavy atom. The number of nitriles is 1. The number of aryl methyl sites for hydroxylation is 1. The van der Waals surface area contributed by atoms with Crippen LogP contribution in [0.2, 0.25) is 5.15 Å². The first kappa shape index (κ1) is 23.6. The third-order valence-corrected chi connectivity index (χ3v) is 4.70. The molecule has 0 radical (unpaired) electrons. The van der Waals surface area contributed by atoms with Crippen LogP contribution >= 0.6 is 11.6 Å². The van der Waals surface area contributed by atoms with Crippen molar-refractivity contribution in [3.8, 4) is 6.07 Å². The molecule has 166 valence electrons. The van der Waals surface area contributed by atoms with E-state index in [1.807, 2.05) is 45.0 Å². The molecule has 0 fully saturated rings. The molecule has 4 heterocycles. The predicted octanol–water partition coefficient (Wildman–Crippen LogP) is 5.71. The molecular formula is C24H22ClN7O. The summed E-state index contributed by atoms with van der Waals surface area (Å²) in [5, 5.41) is 14.3. The van der Waals surface area contributed by atoms with Gasteiger partial charge in [0.1, 0.15) is 16.9 Å². The summed E-state index contributed by atoms with van der Waals surface area (Å²) in [7, 11) is 0. The molecule has 33 heavy (non-hydrogen) atoms. The van der Waals surface area contributed by atoms with E-state index in [1.165, 1.54) is 0 Å². The van der Waals surface area contributed by atoms with Gasteiger partial charge in [0.15, 0.2) is 0 Å². The zero-order chi connectivity index (χ0) is 23.8. The molecule has 4 aromatic rings. The molecule has 9 heteroatoms. The molecule has 0 aliphatic carbocycles. The third kappa shape index (κ3) is 6.45. The van der Waals surface area contributed by atoms with E-state index < -0.39 is 0 Å². The Balaban J connectivity index is 0.000000286. The molecule has 0 bridgehead atoms. The summed E-state index contributed by atoms with van der Waals surface area (Å²) in [5.74, 6) is 0.137. The highest BCUT2D eigenvalue weighted by Gasteiger charge is 2.16. The number of nitrogens with zero attached hydrogens (tertiary/aromatic N) is 5. The maximum absolute atomic E-state index is 12.2. The molecule has 8 nitrogen and oxygen atoms in total. The average Bonchev–Trinajstić information content (AvgIpc) is 2.79. The number of hydrogen-bond donors (Lipinski definition) is 2. The topological polar surface area (TPSA) is 116 Å². The molecule has 0 saturated carbocycles. The minimum absolute atomic E-state index is 0.137. The van der Waals surface area contributed by atoms with Crippen molar-refractivity contribution in [1.29, 1.82) is 5.26 Å². The van der Waals surface area contributed by atoms with Gasteiger partial charge in [0, 0.05) is 29.3 Å². The van der Waals surface area contributed by atoms with Gasteiger partial charge >= 0.3 is 6.03 Å². The van der Waals surface area contributed by atoms with Crippen LogP contribution in [0.5, 0.6) is 0 Å². The number of nitrogens with one attached hydrogen (secondary N) is 2. The van der Waals surface area contributed by atoms with Crippen LogP contribution in [0, 0.1) is 18.3 Å². The number of rotatable bonds is 3. The Kier molecular flexibility index (Phi) is 7.84. The van der Waals surface area contributed by atoms with Gasteiger partial charge in [-0.25, -0.2) is 14.8 Å². The lowest BCUT2D eigenvalue weighted by atomic mass is 10.0. The second-order valence-electron chi connectivity index (χ2n) is 7.33. The van der Waals surface area contributed by atoms with Crippen molar-refractivity contribution in [3.05, 3.63) is 83.2 Å². The van der Waals surface area contributed by atoms with Crippen molar-refractivity contribution in [2.75, 3.05) is 10.6 Å². The normalized spacial score (nSPS) is 10.2. The summed E-state index contributed by atoms with van der Waals surface area (Å²) < 4.78 is 0. The number of fused-ring (bicyclic) bond motifs is 1. The first-order valence-electron chi connectivity index (χ1n) is 10.1. The largest absolute Gasteiger partial charge is 0.323 e. The SMILES string of the molecule is CC(C)c1c(NC(=O)Nc2ccncc2)cnc2ccc(Cl)nc12.Cc1cccc(C#N)n1. The maximum atomic E-state index is 12.2. The van der Waals surface area contributed by atoms with Gasteiger partial charge in [-0.05, 0) is 49.2 Å². The molecule has 0 atom stereocenters. The van der Waals surface area contributed by atoms with E-state index in [0.29, 0.717) is 27.7 Å². The predicted molar refractivity (Wildman–Crippen MR) is 129 cm³/mol. The van der Waals surface area contributed by atoms with Gasteiger partial charge in [-0.1, -0.05) is 31.5 Å². The van der Waals surface area contributed by atoms with E-state index >= 15 is 0 Å². The monoisotopic (exact) mass is 459 g/mol.